The zero-order valence-electron chi connectivity index (χ0n) is 9.14. The second-order valence-corrected chi connectivity index (χ2v) is 5.54. The first-order chi connectivity index (χ1) is 8.21. The SMILES string of the molecule is CSc1nc2c(=O)n(CCN)c(CCl)nc2s1. The van der Waals surface area contributed by atoms with Crippen molar-refractivity contribution in [1.82, 2.24) is 14.5 Å². The van der Waals surface area contributed by atoms with Crippen molar-refractivity contribution < 1.29 is 0 Å². The van der Waals surface area contributed by atoms with Crippen molar-refractivity contribution in [2.75, 3.05) is 12.8 Å². The first kappa shape index (κ1) is 12.8. The summed E-state index contributed by atoms with van der Waals surface area (Å²) in [5.74, 6) is 0.739. The molecule has 8 heteroatoms. The lowest BCUT2D eigenvalue weighted by molar-refractivity contribution is 0.643. The Morgan fingerprint density at radius 1 is 1.53 bits per heavy atom. The summed E-state index contributed by atoms with van der Waals surface area (Å²) in [7, 11) is 0. The van der Waals surface area contributed by atoms with E-state index in [0.29, 0.717) is 29.3 Å². The normalized spacial score (nSPS) is 11.2. The Labute approximate surface area is 111 Å². The average Bonchev–Trinajstić information content (AvgIpc) is 2.76. The lowest BCUT2D eigenvalue weighted by atomic mass is 10.4. The molecule has 0 unspecified atom stereocenters. The van der Waals surface area contributed by atoms with Gasteiger partial charge in [-0.3, -0.25) is 9.36 Å². The highest BCUT2D eigenvalue weighted by Gasteiger charge is 2.14. The van der Waals surface area contributed by atoms with E-state index >= 15 is 0 Å². The van der Waals surface area contributed by atoms with Crippen LogP contribution in [-0.4, -0.2) is 27.3 Å². The average molecular weight is 291 g/mol. The van der Waals surface area contributed by atoms with Gasteiger partial charge in [-0.05, 0) is 6.26 Å². The zero-order chi connectivity index (χ0) is 12.4. The monoisotopic (exact) mass is 290 g/mol. The van der Waals surface area contributed by atoms with E-state index in [9.17, 15) is 4.79 Å². The molecule has 0 saturated carbocycles. The predicted molar refractivity (Wildman–Crippen MR) is 72.1 cm³/mol. The number of nitrogens with zero attached hydrogens (tertiary/aromatic N) is 3. The van der Waals surface area contributed by atoms with Crippen LogP contribution in [0, 0.1) is 0 Å². The minimum absolute atomic E-state index is 0.160. The second kappa shape index (κ2) is 5.34. The molecular formula is C9H11ClN4OS2. The topological polar surface area (TPSA) is 73.8 Å². The van der Waals surface area contributed by atoms with E-state index in [1.54, 1.807) is 0 Å². The number of aromatic nitrogens is 3. The summed E-state index contributed by atoms with van der Waals surface area (Å²) in [5.41, 5.74) is 5.72. The fourth-order valence-corrected chi connectivity index (χ4v) is 3.12. The van der Waals surface area contributed by atoms with Crippen LogP contribution in [0.5, 0.6) is 0 Å². The molecule has 0 aromatic carbocycles. The number of fused-ring (bicyclic) bond motifs is 1. The minimum atomic E-state index is -0.160. The molecule has 2 aromatic heterocycles. The number of halogens is 1. The standard InChI is InChI=1S/C9H11ClN4OS2/c1-16-9-13-6-7(17-9)12-5(4-10)14(3-2-11)8(6)15/h2-4,11H2,1H3. The van der Waals surface area contributed by atoms with Gasteiger partial charge in [0.2, 0.25) is 0 Å². The maximum Gasteiger partial charge on any atom is 0.281 e. The van der Waals surface area contributed by atoms with Crippen molar-refractivity contribution in [2.45, 2.75) is 16.8 Å². The van der Waals surface area contributed by atoms with Gasteiger partial charge in [0.05, 0.1) is 5.88 Å². The Hall–Kier alpha value is -0.630. The van der Waals surface area contributed by atoms with Crippen molar-refractivity contribution in [3.8, 4) is 0 Å². The van der Waals surface area contributed by atoms with Gasteiger partial charge >= 0.3 is 0 Å². The van der Waals surface area contributed by atoms with Crippen LogP contribution in [0.3, 0.4) is 0 Å². The van der Waals surface area contributed by atoms with Gasteiger partial charge in [0, 0.05) is 13.1 Å². The number of rotatable bonds is 4. The van der Waals surface area contributed by atoms with Crippen molar-refractivity contribution in [2.24, 2.45) is 5.73 Å². The summed E-state index contributed by atoms with van der Waals surface area (Å²) in [6.45, 7) is 0.784. The number of thiazole rings is 1. The van der Waals surface area contributed by atoms with E-state index in [0.717, 1.165) is 4.34 Å². The van der Waals surface area contributed by atoms with Crippen LogP contribution in [-0.2, 0) is 12.4 Å². The molecular weight excluding hydrogens is 280 g/mol. The molecule has 0 aliphatic rings. The fraction of sp³-hybridized carbons (Fsp3) is 0.444. The van der Waals surface area contributed by atoms with E-state index in [1.165, 1.54) is 27.7 Å². The second-order valence-electron chi connectivity index (χ2n) is 3.24. The van der Waals surface area contributed by atoms with Crippen LogP contribution in [0.2, 0.25) is 0 Å². The maximum atomic E-state index is 12.2. The van der Waals surface area contributed by atoms with Crippen LogP contribution in [0.1, 0.15) is 5.82 Å². The van der Waals surface area contributed by atoms with Crippen LogP contribution >= 0.6 is 34.7 Å². The Bertz CT molecular complexity index is 594. The Morgan fingerprint density at radius 2 is 2.29 bits per heavy atom. The van der Waals surface area contributed by atoms with Crippen LogP contribution < -0.4 is 11.3 Å². The zero-order valence-corrected chi connectivity index (χ0v) is 11.5. The van der Waals surface area contributed by atoms with E-state index in [4.69, 9.17) is 17.3 Å². The molecule has 0 amide bonds. The number of nitrogens with two attached hydrogens (primary N) is 1. The van der Waals surface area contributed by atoms with E-state index < -0.39 is 0 Å². The largest absolute Gasteiger partial charge is 0.329 e. The third kappa shape index (κ3) is 2.33. The highest BCUT2D eigenvalue weighted by Crippen LogP contribution is 2.25. The summed E-state index contributed by atoms with van der Waals surface area (Å²) in [5, 5.41) is 0. The number of hydrogen-bond acceptors (Lipinski definition) is 6. The van der Waals surface area contributed by atoms with E-state index in [-0.39, 0.29) is 11.4 Å². The Balaban J connectivity index is 2.71. The molecule has 0 fully saturated rings. The Morgan fingerprint density at radius 3 is 2.88 bits per heavy atom. The van der Waals surface area contributed by atoms with Gasteiger partial charge in [0.15, 0.2) is 14.7 Å². The first-order valence-electron chi connectivity index (χ1n) is 4.91. The molecule has 0 saturated heterocycles. The van der Waals surface area contributed by atoms with Gasteiger partial charge < -0.3 is 5.73 Å². The summed E-state index contributed by atoms with van der Waals surface area (Å²) in [6, 6.07) is 0. The fourth-order valence-electron chi connectivity index (χ4n) is 1.48. The van der Waals surface area contributed by atoms with Gasteiger partial charge in [-0.25, -0.2) is 9.97 Å². The lowest BCUT2D eigenvalue weighted by Crippen LogP contribution is -2.28. The van der Waals surface area contributed by atoms with Crippen molar-refractivity contribution in [3.63, 3.8) is 0 Å². The Kier molecular flexibility index (Phi) is 4.03. The molecule has 2 rings (SSSR count). The highest BCUT2D eigenvalue weighted by atomic mass is 35.5. The quantitative estimate of drug-likeness (QED) is 0.678. The smallest absolute Gasteiger partial charge is 0.281 e. The molecule has 17 heavy (non-hydrogen) atoms. The molecule has 0 aliphatic carbocycles. The molecule has 0 atom stereocenters. The highest BCUT2D eigenvalue weighted by molar-refractivity contribution is 8.00. The molecule has 0 bridgehead atoms. The summed E-state index contributed by atoms with van der Waals surface area (Å²) in [4.78, 5) is 21.4. The molecule has 0 radical (unpaired) electrons. The maximum absolute atomic E-state index is 12.2. The lowest BCUT2D eigenvalue weighted by Gasteiger charge is -2.07. The molecule has 2 aromatic rings. The third-order valence-electron chi connectivity index (χ3n) is 2.23. The van der Waals surface area contributed by atoms with E-state index in [1.807, 2.05) is 6.26 Å². The van der Waals surface area contributed by atoms with Crippen molar-refractivity contribution in [3.05, 3.63) is 16.2 Å². The number of alkyl halides is 1. The van der Waals surface area contributed by atoms with Crippen LogP contribution in [0.25, 0.3) is 10.3 Å². The van der Waals surface area contributed by atoms with Gasteiger partial charge in [-0.2, -0.15) is 0 Å². The number of hydrogen-bond donors (Lipinski definition) is 1. The molecule has 0 spiro atoms. The van der Waals surface area contributed by atoms with Gasteiger partial charge in [-0.15, -0.1) is 11.6 Å². The summed E-state index contributed by atoms with van der Waals surface area (Å²) in [6.07, 6.45) is 1.92. The van der Waals surface area contributed by atoms with Crippen LogP contribution in [0.4, 0.5) is 0 Å². The third-order valence-corrected chi connectivity index (χ3v) is 4.40. The van der Waals surface area contributed by atoms with Crippen LogP contribution in [0.15, 0.2) is 9.13 Å². The molecule has 92 valence electrons. The first-order valence-corrected chi connectivity index (χ1v) is 7.49. The van der Waals surface area contributed by atoms with Gasteiger partial charge in [-0.1, -0.05) is 23.1 Å². The molecule has 2 heterocycles. The van der Waals surface area contributed by atoms with Crippen molar-refractivity contribution in [1.29, 1.82) is 0 Å². The van der Waals surface area contributed by atoms with Gasteiger partial charge in [0.25, 0.3) is 5.56 Å². The molecule has 2 N–H and O–H groups in total. The number of thioether (sulfide) groups is 1. The predicted octanol–water partition coefficient (Wildman–Crippen LogP) is 1.27. The minimum Gasteiger partial charge on any atom is -0.329 e. The van der Waals surface area contributed by atoms with Crippen molar-refractivity contribution >= 4 is 45.0 Å². The molecule has 5 nitrogen and oxygen atoms in total. The molecule has 0 aliphatic heterocycles. The van der Waals surface area contributed by atoms with Gasteiger partial charge in [0.1, 0.15) is 5.82 Å². The summed E-state index contributed by atoms with van der Waals surface area (Å²) >= 11 is 8.70. The summed E-state index contributed by atoms with van der Waals surface area (Å²) < 4.78 is 2.33. The van der Waals surface area contributed by atoms with E-state index in [2.05, 4.69) is 9.97 Å².